The number of rotatable bonds is 13. The third-order valence-corrected chi connectivity index (χ3v) is 2.70. The van der Waals surface area contributed by atoms with Crippen LogP contribution < -0.4 is 9.47 Å². The summed E-state index contributed by atoms with van der Waals surface area (Å²) in [4.78, 5) is 0. The van der Waals surface area contributed by atoms with Gasteiger partial charge in [0, 0.05) is 14.2 Å². The predicted octanol–water partition coefficient (Wildman–Crippen LogP) is 1.32. The minimum Gasteiger partial charge on any atom is -0.464 e. The van der Waals surface area contributed by atoms with Crippen molar-refractivity contribution in [1.29, 1.82) is 0 Å². The fourth-order valence-electron chi connectivity index (χ4n) is 1.57. The molecule has 1 aromatic rings. The second-order valence-electron chi connectivity index (χ2n) is 4.39. The Balaban J connectivity index is 2.61. The Hall–Kier alpha value is -1.45. The largest absolute Gasteiger partial charge is 0.464 e. The molecule has 0 heterocycles. The van der Waals surface area contributed by atoms with Gasteiger partial charge in [0.25, 0.3) is 0 Å². The van der Waals surface area contributed by atoms with Crippen molar-refractivity contribution < 1.29 is 37.9 Å². The second kappa shape index (κ2) is 12.0. The highest BCUT2D eigenvalue weighted by atomic mass is 19.1. The summed E-state index contributed by atoms with van der Waals surface area (Å²) in [6, 6.07) is 2.65. The van der Waals surface area contributed by atoms with Gasteiger partial charge in [0.2, 0.25) is 0 Å². The molecule has 0 spiro atoms. The molecule has 0 aromatic heterocycles. The molecule has 0 fully saturated rings. The first kappa shape index (κ1) is 19.6. The number of hydrogen-bond donors (Lipinski definition) is 1. The van der Waals surface area contributed by atoms with Crippen LogP contribution in [0, 0.1) is 5.82 Å². The topological polar surface area (TPSA) is 75.6 Å². The molecular weight excluding hydrogens is 311 g/mol. The minimum atomic E-state index is -0.654. The minimum absolute atomic E-state index is 0.0986. The van der Waals surface area contributed by atoms with E-state index in [0.717, 1.165) is 0 Å². The first-order chi connectivity index (χ1) is 11.2. The summed E-state index contributed by atoms with van der Waals surface area (Å²) in [6.45, 7) is 0.926. The maximum Gasteiger partial charge on any atom is 0.200 e. The van der Waals surface area contributed by atoms with Crippen molar-refractivity contribution >= 4 is 0 Å². The fraction of sp³-hybridized carbons (Fsp3) is 0.600. The van der Waals surface area contributed by atoms with Crippen LogP contribution in [0.3, 0.4) is 0 Å². The third kappa shape index (κ3) is 7.58. The van der Waals surface area contributed by atoms with E-state index in [-0.39, 0.29) is 31.7 Å². The van der Waals surface area contributed by atoms with Crippen LogP contribution in [0.25, 0.3) is 0 Å². The Morgan fingerprint density at radius 2 is 1.52 bits per heavy atom. The molecule has 1 N–H and O–H groups in total. The highest BCUT2D eigenvalue weighted by molar-refractivity contribution is 5.44. The summed E-state index contributed by atoms with van der Waals surface area (Å²) in [7, 11) is 3.10. The maximum absolute atomic E-state index is 14.0. The lowest BCUT2D eigenvalue weighted by Gasteiger charge is -2.15. The normalized spacial score (nSPS) is 10.8. The van der Waals surface area contributed by atoms with Crippen LogP contribution in [0.2, 0.25) is 0 Å². The maximum atomic E-state index is 14.0. The van der Waals surface area contributed by atoms with Crippen LogP contribution in [0.1, 0.15) is 5.56 Å². The molecule has 0 radical (unpaired) electrons. The first-order valence-corrected chi connectivity index (χ1v) is 7.05. The number of hydrogen-bond acceptors (Lipinski definition) is 7. The lowest BCUT2D eigenvalue weighted by atomic mass is 10.2. The molecule has 0 saturated carbocycles. The molecule has 0 atom stereocenters. The van der Waals surface area contributed by atoms with Gasteiger partial charge in [-0.1, -0.05) is 0 Å². The van der Waals surface area contributed by atoms with Gasteiger partial charge in [-0.25, -0.2) is 4.39 Å². The van der Waals surface area contributed by atoms with E-state index in [9.17, 15) is 4.39 Å². The summed E-state index contributed by atoms with van der Waals surface area (Å²) in [6.07, 6.45) is 0. The summed E-state index contributed by atoms with van der Waals surface area (Å²) in [5.41, 5.74) is 0.363. The highest BCUT2D eigenvalue weighted by Crippen LogP contribution is 2.32. The molecule has 132 valence electrons. The molecule has 1 rings (SSSR count). The predicted molar refractivity (Wildman–Crippen MR) is 79.0 cm³/mol. The molecule has 23 heavy (non-hydrogen) atoms. The van der Waals surface area contributed by atoms with Gasteiger partial charge in [-0.2, -0.15) is 0 Å². The molecule has 7 nitrogen and oxygen atoms in total. The summed E-state index contributed by atoms with van der Waals surface area (Å²) < 4.78 is 44.6. The molecule has 1 aromatic carbocycles. The average molecular weight is 334 g/mol. The molecule has 0 aliphatic carbocycles. The molecule has 8 heteroatoms. The van der Waals surface area contributed by atoms with E-state index in [4.69, 9.17) is 33.5 Å². The van der Waals surface area contributed by atoms with Crippen molar-refractivity contribution in [2.75, 3.05) is 54.2 Å². The van der Waals surface area contributed by atoms with Crippen LogP contribution in [0.4, 0.5) is 4.39 Å². The van der Waals surface area contributed by atoms with Crippen molar-refractivity contribution in [3.63, 3.8) is 0 Å². The standard InChI is InChI=1S/C15H23FO7/c1-18-3-5-20-10-22-14-8-12(9-17)7-13(16)15(14)23-11-21-6-4-19-2/h7-8,17H,3-6,9-11H2,1-2H3. The number of benzene rings is 1. The van der Waals surface area contributed by atoms with Crippen molar-refractivity contribution in [2.45, 2.75) is 6.61 Å². The number of aliphatic hydroxyl groups excluding tert-OH is 1. The van der Waals surface area contributed by atoms with Crippen molar-refractivity contribution in [1.82, 2.24) is 0 Å². The molecule has 0 unspecified atom stereocenters. The van der Waals surface area contributed by atoms with Gasteiger partial charge in [0.05, 0.1) is 33.0 Å². The van der Waals surface area contributed by atoms with Crippen LogP contribution in [-0.4, -0.2) is 59.3 Å². The molecule has 0 aliphatic heterocycles. The van der Waals surface area contributed by atoms with Crippen LogP contribution in [-0.2, 0) is 25.6 Å². The van der Waals surface area contributed by atoms with E-state index in [1.807, 2.05) is 0 Å². The SMILES string of the molecule is COCCOCOc1cc(CO)cc(F)c1OCOCCOC. The Bertz CT molecular complexity index is 442. The van der Waals surface area contributed by atoms with Crippen molar-refractivity contribution in [2.24, 2.45) is 0 Å². The van der Waals surface area contributed by atoms with E-state index in [0.29, 0.717) is 32.0 Å². The van der Waals surface area contributed by atoms with Crippen molar-refractivity contribution in [3.8, 4) is 11.5 Å². The Morgan fingerprint density at radius 3 is 2.09 bits per heavy atom. The Labute approximate surface area is 134 Å². The van der Waals surface area contributed by atoms with Crippen LogP contribution in [0.5, 0.6) is 11.5 Å². The van der Waals surface area contributed by atoms with E-state index < -0.39 is 5.82 Å². The van der Waals surface area contributed by atoms with Gasteiger partial charge in [0.1, 0.15) is 0 Å². The smallest absolute Gasteiger partial charge is 0.200 e. The Kier molecular flexibility index (Phi) is 10.3. The second-order valence-corrected chi connectivity index (χ2v) is 4.39. The van der Waals surface area contributed by atoms with Crippen LogP contribution >= 0.6 is 0 Å². The highest BCUT2D eigenvalue weighted by Gasteiger charge is 2.14. The van der Waals surface area contributed by atoms with Gasteiger partial charge in [-0.15, -0.1) is 0 Å². The Morgan fingerprint density at radius 1 is 0.913 bits per heavy atom. The number of halogens is 1. The summed E-state index contributed by atoms with van der Waals surface area (Å²) in [5, 5.41) is 9.14. The van der Waals surface area contributed by atoms with Gasteiger partial charge >= 0.3 is 0 Å². The first-order valence-electron chi connectivity index (χ1n) is 7.05. The monoisotopic (exact) mass is 334 g/mol. The van der Waals surface area contributed by atoms with Gasteiger partial charge in [-0.3, -0.25) is 0 Å². The molecular formula is C15H23FO7. The van der Waals surface area contributed by atoms with Gasteiger partial charge in [0.15, 0.2) is 30.9 Å². The number of methoxy groups -OCH3 is 2. The van der Waals surface area contributed by atoms with E-state index in [2.05, 4.69) is 0 Å². The average Bonchev–Trinajstić information content (AvgIpc) is 2.55. The van der Waals surface area contributed by atoms with E-state index in [1.54, 1.807) is 14.2 Å². The molecule has 0 bridgehead atoms. The zero-order valence-electron chi connectivity index (χ0n) is 13.4. The zero-order chi connectivity index (χ0) is 16.9. The van der Waals surface area contributed by atoms with E-state index >= 15 is 0 Å². The quantitative estimate of drug-likeness (QED) is 0.431. The zero-order valence-corrected chi connectivity index (χ0v) is 13.4. The molecule has 0 amide bonds. The number of aliphatic hydroxyl groups is 1. The summed E-state index contributed by atoms with van der Waals surface area (Å²) in [5.74, 6) is -0.629. The lowest BCUT2D eigenvalue weighted by Crippen LogP contribution is -2.12. The lowest BCUT2D eigenvalue weighted by molar-refractivity contribution is -0.0221. The van der Waals surface area contributed by atoms with E-state index in [1.165, 1.54) is 12.1 Å². The number of ether oxygens (including phenoxy) is 6. The van der Waals surface area contributed by atoms with Crippen molar-refractivity contribution in [3.05, 3.63) is 23.5 Å². The third-order valence-electron chi connectivity index (χ3n) is 2.70. The van der Waals surface area contributed by atoms with Gasteiger partial charge in [-0.05, 0) is 17.7 Å². The molecule has 0 saturated heterocycles. The molecule has 0 aliphatic rings. The van der Waals surface area contributed by atoms with Crippen LogP contribution in [0.15, 0.2) is 12.1 Å². The van der Waals surface area contributed by atoms with Gasteiger partial charge < -0.3 is 33.5 Å². The summed E-state index contributed by atoms with van der Waals surface area (Å²) >= 11 is 0. The fourth-order valence-corrected chi connectivity index (χ4v) is 1.57.